The molecule has 0 N–H and O–H groups in total. The molecule has 3 atom stereocenters. The Morgan fingerprint density at radius 3 is 2.31 bits per heavy atom. The molecule has 36 heavy (non-hydrogen) atoms. The Morgan fingerprint density at radius 2 is 1.53 bits per heavy atom. The monoisotopic (exact) mass is 488 g/mol. The Labute approximate surface area is 211 Å². The van der Waals surface area contributed by atoms with Crippen molar-refractivity contribution < 1.29 is 23.9 Å². The van der Waals surface area contributed by atoms with Crippen molar-refractivity contribution in [3.05, 3.63) is 59.2 Å². The summed E-state index contributed by atoms with van der Waals surface area (Å²) < 4.78 is 5.67. The first kappa shape index (κ1) is 24.2. The second kappa shape index (κ2) is 9.88. The van der Waals surface area contributed by atoms with E-state index in [1.165, 1.54) is 6.92 Å². The van der Waals surface area contributed by atoms with E-state index in [0.29, 0.717) is 37.9 Å². The molecule has 7 nitrogen and oxygen atoms in total. The first-order valence-electron chi connectivity index (χ1n) is 12.9. The van der Waals surface area contributed by atoms with Gasteiger partial charge in [-0.15, -0.1) is 0 Å². The molecule has 1 aliphatic carbocycles. The molecule has 188 valence electrons. The molecule has 0 bridgehead atoms. The zero-order valence-corrected chi connectivity index (χ0v) is 20.9. The molecule has 0 unspecified atom stereocenters. The predicted molar refractivity (Wildman–Crippen MR) is 136 cm³/mol. The van der Waals surface area contributed by atoms with E-state index < -0.39 is 23.9 Å². The van der Waals surface area contributed by atoms with E-state index in [9.17, 15) is 19.2 Å². The lowest BCUT2D eigenvalue weighted by Crippen LogP contribution is -2.43. The van der Waals surface area contributed by atoms with Gasteiger partial charge in [0.25, 0.3) is 0 Å². The molecule has 2 heterocycles. The third kappa shape index (κ3) is 4.43. The largest absolute Gasteiger partial charge is 0.454 e. The van der Waals surface area contributed by atoms with Crippen LogP contribution in [0.5, 0.6) is 0 Å². The van der Waals surface area contributed by atoms with Crippen LogP contribution in [0.4, 0.5) is 11.4 Å². The highest BCUT2D eigenvalue weighted by molar-refractivity contribution is 6.03. The Bertz CT molecular complexity index is 1220. The van der Waals surface area contributed by atoms with E-state index in [0.717, 1.165) is 41.8 Å². The molecule has 0 saturated heterocycles. The standard InChI is InChI=1S/C29H32N2O5/c1-18(27(33)22-11-12-26-21(17-22)14-15-30(26)19(2)32)36-29(35)24-9-5-4-8-23(24)28(34)31-16-13-20-7-3-6-10-25(20)31/h3,6-7,10-12,17-18,23-24H,4-5,8-9,13-16H2,1-2H3/t18-,23+,24+/m0/s1. The van der Waals surface area contributed by atoms with Crippen LogP contribution in [-0.4, -0.2) is 42.8 Å². The number of hydrogen-bond acceptors (Lipinski definition) is 5. The fourth-order valence-corrected chi connectivity index (χ4v) is 5.91. The number of fused-ring (bicyclic) bond motifs is 2. The van der Waals surface area contributed by atoms with Crippen LogP contribution in [0.15, 0.2) is 42.5 Å². The van der Waals surface area contributed by atoms with Gasteiger partial charge < -0.3 is 14.5 Å². The van der Waals surface area contributed by atoms with E-state index in [1.54, 1.807) is 30.0 Å². The van der Waals surface area contributed by atoms with Crippen molar-refractivity contribution in [1.82, 2.24) is 0 Å². The third-order valence-corrected chi connectivity index (χ3v) is 7.84. The number of amides is 2. The minimum absolute atomic E-state index is 0.0192. The summed E-state index contributed by atoms with van der Waals surface area (Å²) in [5.41, 5.74) is 4.32. The van der Waals surface area contributed by atoms with Crippen molar-refractivity contribution in [3.63, 3.8) is 0 Å². The zero-order valence-electron chi connectivity index (χ0n) is 20.9. The Kier molecular flexibility index (Phi) is 6.65. The summed E-state index contributed by atoms with van der Waals surface area (Å²) in [6.07, 6.45) is 3.56. The maximum absolute atomic E-state index is 13.5. The quantitative estimate of drug-likeness (QED) is 0.467. The first-order chi connectivity index (χ1) is 17.3. The molecule has 2 aromatic rings. The summed E-state index contributed by atoms with van der Waals surface area (Å²) >= 11 is 0. The van der Waals surface area contributed by atoms with Crippen LogP contribution >= 0.6 is 0 Å². The lowest BCUT2D eigenvalue weighted by Gasteiger charge is -2.32. The van der Waals surface area contributed by atoms with Crippen molar-refractivity contribution in [2.24, 2.45) is 11.8 Å². The first-order valence-corrected chi connectivity index (χ1v) is 12.9. The number of benzene rings is 2. The fraction of sp³-hybridized carbons (Fsp3) is 0.448. The van der Waals surface area contributed by atoms with Gasteiger partial charge in [-0.1, -0.05) is 31.0 Å². The van der Waals surface area contributed by atoms with Crippen LogP contribution in [0.1, 0.15) is 61.0 Å². The number of carbonyl (C=O) groups is 4. The number of carbonyl (C=O) groups excluding carboxylic acids is 4. The van der Waals surface area contributed by atoms with Crippen molar-refractivity contribution in [2.45, 2.75) is 58.5 Å². The second-order valence-corrected chi connectivity index (χ2v) is 10.1. The van der Waals surface area contributed by atoms with Crippen LogP contribution in [0.25, 0.3) is 0 Å². The third-order valence-electron chi connectivity index (χ3n) is 7.84. The number of ether oxygens (including phenoxy) is 1. The van der Waals surface area contributed by atoms with Crippen LogP contribution in [0.3, 0.4) is 0 Å². The highest BCUT2D eigenvalue weighted by atomic mass is 16.5. The Morgan fingerprint density at radius 1 is 0.861 bits per heavy atom. The average molecular weight is 489 g/mol. The van der Waals surface area contributed by atoms with Gasteiger partial charge in [-0.25, -0.2) is 0 Å². The van der Waals surface area contributed by atoms with E-state index in [-0.39, 0.29) is 17.6 Å². The number of hydrogen-bond donors (Lipinski definition) is 0. The minimum atomic E-state index is -0.953. The summed E-state index contributed by atoms with van der Waals surface area (Å²) in [6, 6.07) is 13.2. The van der Waals surface area contributed by atoms with Gasteiger partial charge in [0.2, 0.25) is 17.6 Å². The lowest BCUT2D eigenvalue weighted by atomic mass is 9.78. The average Bonchev–Trinajstić information content (AvgIpc) is 3.52. The highest BCUT2D eigenvalue weighted by Crippen LogP contribution is 2.37. The molecule has 2 aromatic carbocycles. The lowest BCUT2D eigenvalue weighted by molar-refractivity contribution is -0.156. The van der Waals surface area contributed by atoms with Gasteiger partial charge in [0.15, 0.2) is 6.10 Å². The van der Waals surface area contributed by atoms with E-state index in [1.807, 2.05) is 29.2 Å². The van der Waals surface area contributed by atoms with Gasteiger partial charge in [0.1, 0.15) is 0 Å². The van der Waals surface area contributed by atoms with Crippen molar-refractivity contribution in [1.29, 1.82) is 0 Å². The SMILES string of the molecule is CC(=O)N1CCc2cc(C(=O)[C@H](C)OC(=O)[C@@H]3CCCC[C@H]3C(=O)N3CCc4ccccc43)ccc21. The van der Waals surface area contributed by atoms with Crippen LogP contribution in [0, 0.1) is 11.8 Å². The summed E-state index contributed by atoms with van der Waals surface area (Å²) in [5.74, 6) is -1.76. The zero-order chi connectivity index (χ0) is 25.4. The molecule has 0 spiro atoms. The number of para-hydroxylation sites is 1. The number of esters is 1. The van der Waals surface area contributed by atoms with Gasteiger partial charge in [-0.05, 0) is 68.0 Å². The highest BCUT2D eigenvalue weighted by Gasteiger charge is 2.41. The Hall–Kier alpha value is -3.48. The summed E-state index contributed by atoms with van der Waals surface area (Å²) in [4.78, 5) is 55.2. The van der Waals surface area contributed by atoms with Crippen molar-refractivity contribution in [3.8, 4) is 0 Å². The van der Waals surface area contributed by atoms with Gasteiger partial charge in [0, 0.05) is 37.0 Å². The molecule has 7 heteroatoms. The maximum Gasteiger partial charge on any atom is 0.310 e. The van der Waals surface area contributed by atoms with Gasteiger partial charge in [0.05, 0.1) is 11.8 Å². The topological polar surface area (TPSA) is 84.0 Å². The Balaban J connectivity index is 1.27. The van der Waals surface area contributed by atoms with Crippen LogP contribution in [0.2, 0.25) is 0 Å². The molecule has 2 amide bonds. The molecular weight excluding hydrogens is 456 g/mol. The predicted octanol–water partition coefficient (Wildman–Crippen LogP) is 4.11. The van der Waals surface area contributed by atoms with Crippen LogP contribution in [-0.2, 0) is 32.0 Å². The maximum atomic E-state index is 13.5. The number of rotatable bonds is 5. The molecular formula is C29H32N2O5. The molecule has 3 aliphatic rings. The van der Waals surface area contributed by atoms with E-state index in [2.05, 4.69) is 0 Å². The number of nitrogens with zero attached hydrogens (tertiary/aromatic N) is 2. The summed E-state index contributed by atoms with van der Waals surface area (Å²) in [5, 5.41) is 0. The van der Waals surface area contributed by atoms with E-state index in [4.69, 9.17) is 4.74 Å². The molecule has 2 aliphatic heterocycles. The van der Waals surface area contributed by atoms with E-state index >= 15 is 0 Å². The van der Waals surface area contributed by atoms with Gasteiger partial charge >= 0.3 is 5.97 Å². The van der Waals surface area contributed by atoms with Crippen molar-refractivity contribution in [2.75, 3.05) is 22.9 Å². The molecule has 5 rings (SSSR count). The van der Waals surface area contributed by atoms with Crippen LogP contribution < -0.4 is 9.80 Å². The minimum Gasteiger partial charge on any atom is -0.454 e. The number of anilines is 2. The molecule has 0 radical (unpaired) electrons. The fourth-order valence-electron chi connectivity index (χ4n) is 5.91. The molecule has 1 fully saturated rings. The number of ketones is 1. The smallest absolute Gasteiger partial charge is 0.310 e. The normalized spacial score (nSPS) is 21.5. The van der Waals surface area contributed by atoms with Gasteiger partial charge in [-0.2, -0.15) is 0 Å². The molecule has 1 saturated carbocycles. The second-order valence-electron chi connectivity index (χ2n) is 10.1. The van der Waals surface area contributed by atoms with Crippen molar-refractivity contribution >= 4 is 34.9 Å². The summed E-state index contributed by atoms with van der Waals surface area (Å²) in [6.45, 7) is 4.35. The molecule has 0 aromatic heterocycles. The van der Waals surface area contributed by atoms with Gasteiger partial charge in [-0.3, -0.25) is 19.2 Å². The summed E-state index contributed by atoms with van der Waals surface area (Å²) in [7, 11) is 0. The number of Topliss-reactive ketones (excluding diaryl/α,β-unsaturated/α-hetero) is 1.